The molecule has 0 fully saturated rings. The number of hydrogen-bond acceptors (Lipinski definition) is 2. The van der Waals surface area contributed by atoms with Crippen LogP contribution in [-0.4, -0.2) is 11.0 Å². The highest BCUT2D eigenvalue weighted by molar-refractivity contribution is 5.91. The third kappa shape index (κ3) is 1.77. The molecule has 3 heteroatoms. The van der Waals surface area contributed by atoms with E-state index in [1.165, 1.54) is 0 Å². The number of benzene rings is 1. The molecule has 74 valence electrons. The Kier molecular flexibility index (Phi) is 2.50. The Bertz CT molecular complexity index is 349. The van der Waals surface area contributed by atoms with E-state index in [0.29, 0.717) is 12.8 Å². The Balaban J connectivity index is 2.37. The van der Waals surface area contributed by atoms with Crippen molar-refractivity contribution in [2.24, 2.45) is 0 Å². The zero-order valence-corrected chi connectivity index (χ0v) is 7.86. The SMILES string of the molecule is O=C1CCCC(O)c2ccccc2N1. The standard InChI is InChI=1S/C11H13NO2/c13-10-6-3-7-11(14)12-9-5-2-1-4-8(9)10/h1-2,4-5,10,13H,3,6-7H2,(H,12,14). The Labute approximate surface area is 82.8 Å². The summed E-state index contributed by atoms with van der Waals surface area (Å²) in [5.74, 6) is 0.0318. The normalized spacial score (nSPS) is 21.8. The van der Waals surface area contributed by atoms with Crippen molar-refractivity contribution in [3.63, 3.8) is 0 Å². The summed E-state index contributed by atoms with van der Waals surface area (Å²) in [6, 6.07) is 7.40. The minimum absolute atomic E-state index is 0.0318. The van der Waals surface area contributed by atoms with Crippen LogP contribution in [0.2, 0.25) is 0 Å². The first kappa shape index (κ1) is 9.21. The average Bonchev–Trinajstić information content (AvgIpc) is 2.16. The van der Waals surface area contributed by atoms with Gasteiger partial charge in [-0.3, -0.25) is 4.79 Å². The van der Waals surface area contributed by atoms with Gasteiger partial charge in [0.05, 0.1) is 6.10 Å². The molecule has 14 heavy (non-hydrogen) atoms. The highest BCUT2D eigenvalue weighted by atomic mass is 16.3. The maximum atomic E-state index is 11.3. The summed E-state index contributed by atoms with van der Waals surface area (Å²) >= 11 is 0. The molecule has 1 heterocycles. The number of fused-ring (bicyclic) bond motifs is 1. The second kappa shape index (κ2) is 3.80. The quantitative estimate of drug-likeness (QED) is 0.657. The summed E-state index contributed by atoms with van der Waals surface area (Å²) in [6.45, 7) is 0. The number of amides is 1. The van der Waals surface area contributed by atoms with Gasteiger partial charge in [0.25, 0.3) is 0 Å². The molecule has 1 unspecified atom stereocenters. The first-order valence-electron chi connectivity index (χ1n) is 4.84. The van der Waals surface area contributed by atoms with Crippen LogP contribution in [-0.2, 0) is 4.79 Å². The summed E-state index contributed by atoms with van der Waals surface area (Å²) < 4.78 is 0. The molecule has 2 rings (SSSR count). The van der Waals surface area contributed by atoms with Crippen molar-refractivity contribution >= 4 is 11.6 Å². The van der Waals surface area contributed by atoms with Gasteiger partial charge in [-0.15, -0.1) is 0 Å². The summed E-state index contributed by atoms with van der Waals surface area (Å²) in [7, 11) is 0. The van der Waals surface area contributed by atoms with Gasteiger partial charge in [0.1, 0.15) is 0 Å². The molecule has 2 N–H and O–H groups in total. The van der Waals surface area contributed by atoms with E-state index in [0.717, 1.165) is 17.7 Å². The maximum Gasteiger partial charge on any atom is 0.224 e. The topological polar surface area (TPSA) is 49.3 Å². The van der Waals surface area contributed by atoms with Gasteiger partial charge < -0.3 is 10.4 Å². The van der Waals surface area contributed by atoms with E-state index < -0.39 is 6.10 Å². The van der Waals surface area contributed by atoms with Crippen LogP contribution in [0.5, 0.6) is 0 Å². The molecule has 1 atom stereocenters. The maximum absolute atomic E-state index is 11.3. The van der Waals surface area contributed by atoms with E-state index >= 15 is 0 Å². The molecule has 1 amide bonds. The van der Waals surface area contributed by atoms with Crippen molar-refractivity contribution in [1.29, 1.82) is 0 Å². The number of para-hydroxylation sites is 1. The molecule has 1 aromatic carbocycles. The molecule has 0 radical (unpaired) electrons. The fourth-order valence-electron chi connectivity index (χ4n) is 1.73. The van der Waals surface area contributed by atoms with Crippen LogP contribution in [0, 0.1) is 0 Å². The van der Waals surface area contributed by atoms with Gasteiger partial charge in [-0.05, 0) is 18.9 Å². The fraction of sp³-hybridized carbons (Fsp3) is 0.364. The van der Waals surface area contributed by atoms with Gasteiger partial charge in [-0.25, -0.2) is 0 Å². The number of carbonyl (C=O) groups is 1. The average molecular weight is 191 g/mol. The van der Waals surface area contributed by atoms with Crippen molar-refractivity contribution in [3.8, 4) is 0 Å². The number of anilines is 1. The van der Waals surface area contributed by atoms with Gasteiger partial charge >= 0.3 is 0 Å². The van der Waals surface area contributed by atoms with Gasteiger partial charge in [0, 0.05) is 17.7 Å². The van der Waals surface area contributed by atoms with E-state index in [1.807, 2.05) is 24.3 Å². The lowest BCUT2D eigenvalue weighted by Crippen LogP contribution is -2.16. The molecular formula is C11H13NO2. The number of hydrogen-bond donors (Lipinski definition) is 2. The van der Waals surface area contributed by atoms with Gasteiger partial charge in [0.2, 0.25) is 5.91 Å². The van der Waals surface area contributed by atoms with E-state index in [2.05, 4.69) is 5.32 Å². The van der Waals surface area contributed by atoms with Crippen LogP contribution < -0.4 is 5.32 Å². The van der Waals surface area contributed by atoms with Gasteiger partial charge in [-0.1, -0.05) is 18.2 Å². The predicted molar refractivity (Wildman–Crippen MR) is 53.9 cm³/mol. The molecule has 1 aliphatic rings. The van der Waals surface area contributed by atoms with Crippen molar-refractivity contribution in [1.82, 2.24) is 0 Å². The second-order valence-corrected chi connectivity index (χ2v) is 3.54. The Morgan fingerprint density at radius 1 is 1.36 bits per heavy atom. The zero-order valence-electron chi connectivity index (χ0n) is 7.86. The van der Waals surface area contributed by atoms with Crippen LogP contribution in [0.25, 0.3) is 0 Å². The van der Waals surface area contributed by atoms with Gasteiger partial charge in [0.15, 0.2) is 0 Å². The van der Waals surface area contributed by atoms with Crippen LogP contribution in [0.1, 0.15) is 30.9 Å². The molecule has 0 aliphatic carbocycles. The molecule has 0 spiro atoms. The van der Waals surface area contributed by atoms with Crippen LogP contribution in [0.4, 0.5) is 5.69 Å². The van der Waals surface area contributed by atoms with E-state index in [9.17, 15) is 9.90 Å². The molecule has 3 nitrogen and oxygen atoms in total. The lowest BCUT2D eigenvalue weighted by atomic mass is 9.99. The molecule has 0 aromatic heterocycles. The van der Waals surface area contributed by atoms with E-state index in [4.69, 9.17) is 0 Å². The number of aliphatic hydroxyl groups is 1. The van der Waals surface area contributed by atoms with Crippen molar-refractivity contribution in [2.75, 3.05) is 5.32 Å². The number of aliphatic hydroxyl groups excluding tert-OH is 1. The summed E-state index contributed by atoms with van der Waals surface area (Å²) in [5.41, 5.74) is 1.56. The minimum Gasteiger partial charge on any atom is -0.388 e. The number of nitrogens with one attached hydrogen (secondary N) is 1. The summed E-state index contributed by atoms with van der Waals surface area (Å²) in [4.78, 5) is 11.3. The number of carbonyl (C=O) groups excluding carboxylic acids is 1. The molecule has 0 bridgehead atoms. The summed E-state index contributed by atoms with van der Waals surface area (Å²) in [6.07, 6.45) is 1.43. The highest BCUT2D eigenvalue weighted by Gasteiger charge is 2.16. The first-order valence-corrected chi connectivity index (χ1v) is 4.84. The third-order valence-corrected chi connectivity index (χ3v) is 2.48. The molecule has 0 saturated carbocycles. The van der Waals surface area contributed by atoms with Crippen LogP contribution >= 0.6 is 0 Å². The fourth-order valence-corrected chi connectivity index (χ4v) is 1.73. The molecule has 1 aliphatic heterocycles. The third-order valence-electron chi connectivity index (χ3n) is 2.48. The van der Waals surface area contributed by atoms with Crippen molar-refractivity contribution in [2.45, 2.75) is 25.4 Å². The monoisotopic (exact) mass is 191 g/mol. The van der Waals surface area contributed by atoms with E-state index in [1.54, 1.807) is 0 Å². The lowest BCUT2D eigenvalue weighted by molar-refractivity contribution is -0.116. The van der Waals surface area contributed by atoms with Crippen molar-refractivity contribution < 1.29 is 9.90 Å². The van der Waals surface area contributed by atoms with Crippen LogP contribution in [0.3, 0.4) is 0 Å². The second-order valence-electron chi connectivity index (χ2n) is 3.54. The first-order chi connectivity index (χ1) is 6.77. The lowest BCUT2D eigenvalue weighted by Gasteiger charge is -2.19. The van der Waals surface area contributed by atoms with Crippen molar-refractivity contribution in [3.05, 3.63) is 29.8 Å². The number of rotatable bonds is 0. The largest absolute Gasteiger partial charge is 0.388 e. The van der Waals surface area contributed by atoms with Gasteiger partial charge in [-0.2, -0.15) is 0 Å². The highest BCUT2D eigenvalue weighted by Crippen LogP contribution is 2.28. The molecule has 0 saturated heterocycles. The minimum atomic E-state index is -0.452. The Hall–Kier alpha value is -1.35. The predicted octanol–water partition coefficient (Wildman–Crippen LogP) is 1.84. The van der Waals surface area contributed by atoms with Crippen LogP contribution in [0.15, 0.2) is 24.3 Å². The molecular weight excluding hydrogens is 178 g/mol. The summed E-state index contributed by atoms with van der Waals surface area (Å²) in [5, 5.41) is 12.6. The Morgan fingerprint density at radius 2 is 2.14 bits per heavy atom. The Morgan fingerprint density at radius 3 is 3.00 bits per heavy atom. The smallest absolute Gasteiger partial charge is 0.224 e. The molecule has 1 aromatic rings. The van der Waals surface area contributed by atoms with E-state index in [-0.39, 0.29) is 5.91 Å². The zero-order chi connectivity index (χ0) is 9.97.